The number of carbonyl (C=O) groups is 1. The Bertz CT molecular complexity index is 943. The minimum atomic E-state index is -3.54. The van der Waals surface area contributed by atoms with E-state index in [9.17, 15) is 13.2 Å². The molecule has 2 aliphatic rings. The Morgan fingerprint density at radius 2 is 1.86 bits per heavy atom. The van der Waals surface area contributed by atoms with Crippen LogP contribution < -0.4 is 10.1 Å². The van der Waals surface area contributed by atoms with Gasteiger partial charge in [0.2, 0.25) is 10.0 Å². The van der Waals surface area contributed by atoms with E-state index < -0.39 is 10.0 Å². The normalized spacial score (nSPS) is 18.8. The molecular weight excluding hydrogens is 380 g/mol. The molecule has 4 rings (SSSR count). The Hall–Kier alpha value is -2.39. The molecule has 1 aromatic carbocycles. The lowest BCUT2D eigenvalue weighted by Crippen LogP contribution is -2.46. The van der Waals surface area contributed by atoms with Crippen LogP contribution in [0.4, 0.5) is 0 Å². The lowest BCUT2D eigenvalue weighted by molar-refractivity contribution is 0.0918. The van der Waals surface area contributed by atoms with E-state index in [0.717, 1.165) is 18.5 Å². The van der Waals surface area contributed by atoms with Crippen molar-refractivity contribution in [2.45, 2.75) is 42.5 Å². The highest BCUT2D eigenvalue weighted by atomic mass is 32.2. The van der Waals surface area contributed by atoms with Crippen molar-refractivity contribution in [2.75, 3.05) is 20.2 Å². The molecule has 0 bridgehead atoms. The maximum atomic E-state index is 12.8. The maximum Gasteiger partial charge on any atom is 0.271 e. The lowest BCUT2D eigenvalue weighted by atomic mass is 10.1. The van der Waals surface area contributed by atoms with E-state index in [4.69, 9.17) is 4.74 Å². The van der Waals surface area contributed by atoms with Crippen LogP contribution in [0.1, 0.15) is 47.8 Å². The first-order chi connectivity index (χ1) is 13.5. The second kappa shape index (κ2) is 7.56. The lowest BCUT2D eigenvalue weighted by Gasteiger charge is -2.31. The molecule has 0 spiro atoms. The van der Waals surface area contributed by atoms with E-state index >= 15 is 0 Å². The van der Waals surface area contributed by atoms with Crippen LogP contribution >= 0.6 is 0 Å². The summed E-state index contributed by atoms with van der Waals surface area (Å²) in [6, 6.07) is 8.14. The predicted molar refractivity (Wildman–Crippen MR) is 103 cm³/mol. The van der Waals surface area contributed by atoms with Crippen LogP contribution in [0.2, 0.25) is 0 Å². The number of benzene rings is 1. The van der Waals surface area contributed by atoms with Crippen LogP contribution in [0.15, 0.2) is 35.2 Å². The highest BCUT2D eigenvalue weighted by molar-refractivity contribution is 7.89. The van der Waals surface area contributed by atoms with E-state index in [2.05, 4.69) is 15.5 Å². The van der Waals surface area contributed by atoms with Crippen molar-refractivity contribution >= 4 is 15.9 Å². The Labute approximate surface area is 164 Å². The topological polar surface area (TPSA) is 104 Å². The highest BCUT2D eigenvalue weighted by Crippen LogP contribution is 2.39. The number of aromatic nitrogens is 2. The maximum absolute atomic E-state index is 12.8. The molecule has 2 N–H and O–H groups in total. The molecule has 2 aromatic rings. The number of ether oxygens (including phenoxy) is 1. The zero-order valence-electron chi connectivity index (χ0n) is 15.7. The van der Waals surface area contributed by atoms with Gasteiger partial charge in [-0.05, 0) is 56.0 Å². The summed E-state index contributed by atoms with van der Waals surface area (Å²) in [4.78, 5) is 12.6. The standard InChI is InChI=1S/C19H24N4O4S/c1-27-15-4-6-16(7-5-15)28(25,26)23-10-8-14(9-11-23)20-19(24)18-12-17(21-22-18)13-2-3-13/h4-7,12-14H,2-3,8-11H2,1H3,(H,20,24)(H,21,22). The van der Waals surface area contributed by atoms with Crippen LogP contribution in [-0.4, -0.2) is 55.1 Å². The molecule has 8 nitrogen and oxygen atoms in total. The van der Waals surface area contributed by atoms with E-state index in [-0.39, 0.29) is 16.8 Å². The first-order valence-electron chi connectivity index (χ1n) is 9.48. The molecule has 2 fully saturated rings. The third-order valence-electron chi connectivity index (χ3n) is 5.33. The second-order valence-corrected chi connectivity index (χ2v) is 9.25. The van der Waals surface area contributed by atoms with Gasteiger partial charge in [0.1, 0.15) is 11.4 Å². The number of hydrogen-bond donors (Lipinski definition) is 2. The number of aromatic amines is 1. The second-order valence-electron chi connectivity index (χ2n) is 7.31. The summed E-state index contributed by atoms with van der Waals surface area (Å²) in [5.74, 6) is 0.920. The van der Waals surface area contributed by atoms with E-state index in [1.807, 2.05) is 6.07 Å². The fourth-order valence-electron chi connectivity index (χ4n) is 3.45. The van der Waals surface area contributed by atoms with Crippen molar-refractivity contribution in [1.82, 2.24) is 19.8 Å². The summed E-state index contributed by atoms with van der Waals surface area (Å²) in [5, 5.41) is 10.0. The van der Waals surface area contributed by atoms with Gasteiger partial charge in [-0.1, -0.05) is 0 Å². The minimum Gasteiger partial charge on any atom is -0.497 e. The van der Waals surface area contributed by atoms with E-state index in [1.54, 1.807) is 24.3 Å². The molecular formula is C19H24N4O4S. The van der Waals surface area contributed by atoms with Crippen molar-refractivity contribution in [1.29, 1.82) is 0 Å². The SMILES string of the molecule is COc1ccc(S(=O)(=O)N2CCC(NC(=O)c3cc(C4CC4)[nH]n3)CC2)cc1. The van der Waals surface area contributed by atoms with Gasteiger partial charge in [-0.15, -0.1) is 0 Å². The summed E-state index contributed by atoms with van der Waals surface area (Å²) in [5.41, 5.74) is 1.42. The number of nitrogens with zero attached hydrogens (tertiary/aromatic N) is 2. The largest absolute Gasteiger partial charge is 0.497 e. The van der Waals surface area contributed by atoms with Gasteiger partial charge in [-0.25, -0.2) is 8.42 Å². The molecule has 1 aromatic heterocycles. The van der Waals surface area contributed by atoms with Crippen molar-refractivity contribution in [3.8, 4) is 5.75 Å². The molecule has 1 saturated carbocycles. The van der Waals surface area contributed by atoms with Crippen molar-refractivity contribution in [3.63, 3.8) is 0 Å². The Morgan fingerprint density at radius 3 is 2.46 bits per heavy atom. The molecule has 9 heteroatoms. The van der Waals surface area contributed by atoms with Gasteiger partial charge in [0, 0.05) is 30.7 Å². The van der Waals surface area contributed by atoms with Gasteiger partial charge in [0.15, 0.2) is 0 Å². The number of sulfonamides is 1. The molecule has 28 heavy (non-hydrogen) atoms. The third kappa shape index (κ3) is 3.90. The Morgan fingerprint density at radius 1 is 1.18 bits per heavy atom. The number of amides is 1. The van der Waals surface area contributed by atoms with Gasteiger partial charge in [-0.2, -0.15) is 9.40 Å². The summed E-state index contributed by atoms with van der Waals surface area (Å²) < 4.78 is 32.1. The number of hydrogen-bond acceptors (Lipinski definition) is 5. The Balaban J connectivity index is 1.33. The summed E-state index contributed by atoms with van der Waals surface area (Å²) in [7, 11) is -2.00. The average Bonchev–Trinajstić information content (AvgIpc) is 3.45. The highest BCUT2D eigenvalue weighted by Gasteiger charge is 2.31. The van der Waals surface area contributed by atoms with Gasteiger partial charge >= 0.3 is 0 Å². The first kappa shape index (κ1) is 18.9. The van der Waals surface area contributed by atoms with Gasteiger partial charge in [-0.3, -0.25) is 9.89 Å². The van der Waals surface area contributed by atoms with Crippen LogP contribution in [0.25, 0.3) is 0 Å². The van der Waals surface area contributed by atoms with Crippen molar-refractivity contribution < 1.29 is 17.9 Å². The monoisotopic (exact) mass is 404 g/mol. The van der Waals surface area contributed by atoms with Crippen LogP contribution in [0.3, 0.4) is 0 Å². The van der Waals surface area contributed by atoms with E-state index in [0.29, 0.717) is 43.3 Å². The van der Waals surface area contributed by atoms with Gasteiger partial charge < -0.3 is 10.1 Å². The molecule has 0 unspecified atom stereocenters. The molecule has 1 saturated heterocycles. The van der Waals surface area contributed by atoms with Crippen LogP contribution in [0, 0.1) is 0 Å². The van der Waals surface area contributed by atoms with Crippen molar-refractivity contribution in [3.05, 3.63) is 41.7 Å². The summed E-state index contributed by atoms with van der Waals surface area (Å²) in [6.07, 6.45) is 3.43. The number of rotatable bonds is 6. The zero-order chi connectivity index (χ0) is 19.7. The number of carbonyl (C=O) groups excluding carboxylic acids is 1. The third-order valence-corrected chi connectivity index (χ3v) is 7.25. The molecule has 2 heterocycles. The predicted octanol–water partition coefficient (Wildman–Crippen LogP) is 1.88. The number of piperidine rings is 1. The molecule has 1 amide bonds. The molecule has 0 radical (unpaired) electrons. The van der Waals surface area contributed by atoms with Crippen molar-refractivity contribution in [2.24, 2.45) is 0 Å². The van der Waals surface area contributed by atoms with Crippen LogP contribution in [-0.2, 0) is 10.0 Å². The number of H-pyrrole nitrogens is 1. The molecule has 1 aliphatic heterocycles. The number of nitrogens with one attached hydrogen (secondary N) is 2. The average molecular weight is 404 g/mol. The van der Waals surface area contributed by atoms with Crippen LogP contribution in [0.5, 0.6) is 5.75 Å². The van der Waals surface area contributed by atoms with Gasteiger partial charge in [0.05, 0.1) is 12.0 Å². The van der Waals surface area contributed by atoms with Gasteiger partial charge in [0.25, 0.3) is 5.91 Å². The fraction of sp³-hybridized carbons (Fsp3) is 0.474. The minimum absolute atomic E-state index is 0.0594. The summed E-state index contributed by atoms with van der Waals surface area (Å²) >= 11 is 0. The smallest absolute Gasteiger partial charge is 0.271 e. The quantitative estimate of drug-likeness (QED) is 0.765. The molecule has 0 atom stereocenters. The number of methoxy groups -OCH3 is 1. The molecule has 150 valence electrons. The zero-order valence-corrected chi connectivity index (χ0v) is 16.5. The van der Waals surface area contributed by atoms with E-state index in [1.165, 1.54) is 11.4 Å². The molecule has 1 aliphatic carbocycles. The fourth-order valence-corrected chi connectivity index (χ4v) is 4.92. The first-order valence-corrected chi connectivity index (χ1v) is 10.9. The Kier molecular flexibility index (Phi) is 5.11. The summed E-state index contributed by atoms with van der Waals surface area (Å²) in [6.45, 7) is 0.737.